The van der Waals surface area contributed by atoms with Gasteiger partial charge in [-0.05, 0) is 32.5 Å². The van der Waals surface area contributed by atoms with Crippen LogP contribution < -0.4 is 0 Å². The third-order valence-corrected chi connectivity index (χ3v) is 4.33. The van der Waals surface area contributed by atoms with Crippen molar-refractivity contribution in [2.24, 2.45) is 0 Å². The molecule has 1 aromatic rings. The smallest absolute Gasteiger partial charge is 0.0231 e. The van der Waals surface area contributed by atoms with Gasteiger partial charge in [-0.3, -0.25) is 0 Å². The molecule has 19 heavy (non-hydrogen) atoms. The zero-order valence-corrected chi connectivity index (χ0v) is 12.5. The van der Waals surface area contributed by atoms with Gasteiger partial charge in [-0.2, -0.15) is 0 Å². The van der Waals surface area contributed by atoms with Crippen LogP contribution in [0.15, 0.2) is 30.3 Å². The molecule has 1 aliphatic rings. The molecule has 0 N–H and O–H groups in total. The number of nitrogens with zero attached hydrogens (tertiary/aromatic N) is 2. The van der Waals surface area contributed by atoms with Crippen LogP contribution in [0.5, 0.6) is 0 Å². The molecule has 106 valence electrons. The van der Waals surface area contributed by atoms with E-state index in [1.165, 1.54) is 44.2 Å². The lowest BCUT2D eigenvalue weighted by molar-refractivity contribution is 0.168. The summed E-state index contributed by atoms with van der Waals surface area (Å²) in [5.74, 6) is 0. The molecule has 0 heterocycles. The highest BCUT2D eigenvalue weighted by molar-refractivity contribution is 5.14. The van der Waals surface area contributed by atoms with E-state index >= 15 is 0 Å². The summed E-state index contributed by atoms with van der Waals surface area (Å²) in [6.07, 6.45) is 7.10. The molecule has 2 nitrogen and oxygen atoms in total. The number of hydrogen-bond acceptors (Lipinski definition) is 2. The van der Waals surface area contributed by atoms with E-state index in [9.17, 15) is 0 Å². The molecule has 0 amide bonds. The third kappa shape index (κ3) is 4.96. The number of hydrogen-bond donors (Lipinski definition) is 0. The second-order valence-corrected chi connectivity index (χ2v) is 6.00. The Labute approximate surface area is 118 Å². The Morgan fingerprint density at radius 2 is 1.63 bits per heavy atom. The van der Waals surface area contributed by atoms with E-state index < -0.39 is 0 Å². The van der Waals surface area contributed by atoms with Crippen LogP contribution in [-0.2, 0) is 6.54 Å². The predicted octanol–water partition coefficient (Wildman–Crippen LogP) is 3.38. The molecule has 0 atom stereocenters. The average Bonchev–Trinajstić information content (AvgIpc) is 2.47. The Morgan fingerprint density at radius 1 is 0.947 bits per heavy atom. The molecule has 0 unspecified atom stereocenters. The molecular weight excluding hydrogens is 232 g/mol. The lowest BCUT2D eigenvalue weighted by Crippen LogP contribution is -2.38. The van der Waals surface area contributed by atoms with Crippen LogP contribution >= 0.6 is 0 Å². The van der Waals surface area contributed by atoms with Crippen LogP contribution in [0.4, 0.5) is 0 Å². The highest BCUT2D eigenvalue weighted by Gasteiger charge is 2.17. The lowest BCUT2D eigenvalue weighted by atomic mass is 9.94. The molecule has 1 aromatic carbocycles. The van der Waals surface area contributed by atoms with Crippen molar-refractivity contribution < 1.29 is 0 Å². The van der Waals surface area contributed by atoms with Gasteiger partial charge in [0.1, 0.15) is 0 Å². The van der Waals surface area contributed by atoms with Crippen molar-refractivity contribution in [3.63, 3.8) is 0 Å². The molecule has 0 aliphatic heterocycles. The summed E-state index contributed by atoms with van der Waals surface area (Å²) in [5, 5.41) is 0. The normalized spacial score (nSPS) is 17.3. The zero-order valence-electron chi connectivity index (χ0n) is 12.5. The van der Waals surface area contributed by atoms with Gasteiger partial charge in [-0.15, -0.1) is 0 Å². The van der Waals surface area contributed by atoms with E-state index in [-0.39, 0.29) is 0 Å². The van der Waals surface area contributed by atoms with Crippen LogP contribution in [0.25, 0.3) is 0 Å². The minimum Gasteiger partial charge on any atom is -0.302 e. The highest BCUT2D eigenvalue weighted by Crippen LogP contribution is 2.21. The minimum atomic E-state index is 0.832. The Morgan fingerprint density at radius 3 is 2.32 bits per heavy atom. The van der Waals surface area contributed by atoms with Crippen molar-refractivity contribution in [1.82, 2.24) is 9.80 Å². The maximum atomic E-state index is 2.57. The van der Waals surface area contributed by atoms with Crippen molar-refractivity contribution in [2.75, 3.05) is 27.2 Å². The molecule has 1 aliphatic carbocycles. The fraction of sp³-hybridized carbons (Fsp3) is 0.647. The van der Waals surface area contributed by atoms with E-state index in [4.69, 9.17) is 0 Å². The van der Waals surface area contributed by atoms with Crippen molar-refractivity contribution in [3.8, 4) is 0 Å². The maximum Gasteiger partial charge on any atom is 0.0231 e. The summed E-state index contributed by atoms with van der Waals surface area (Å²) < 4.78 is 0. The summed E-state index contributed by atoms with van der Waals surface area (Å²) in [4.78, 5) is 5.00. The van der Waals surface area contributed by atoms with Crippen molar-refractivity contribution in [3.05, 3.63) is 35.9 Å². The van der Waals surface area contributed by atoms with Crippen LogP contribution in [0, 0.1) is 0 Å². The molecule has 1 fully saturated rings. The average molecular weight is 260 g/mol. The SMILES string of the molecule is CN(CCN(C)C1CCCCC1)Cc1ccccc1. The van der Waals surface area contributed by atoms with Crippen LogP contribution in [0.3, 0.4) is 0 Å². The van der Waals surface area contributed by atoms with Gasteiger partial charge < -0.3 is 9.80 Å². The standard InChI is InChI=1S/C17H28N2/c1-18(15-16-9-5-3-6-10-16)13-14-19(2)17-11-7-4-8-12-17/h3,5-6,9-10,17H,4,7-8,11-15H2,1-2H3. The van der Waals surface area contributed by atoms with E-state index in [1.54, 1.807) is 0 Å². The van der Waals surface area contributed by atoms with E-state index in [2.05, 4.69) is 54.2 Å². The first kappa shape index (κ1) is 14.5. The van der Waals surface area contributed by atoms with Crippen molar-refractivity contribution >= 4 is 0 Å². The van der Waals surface area contributed by atoms with E-state index in [0.717, 1.165) is 19.1 Å². The first-order valence-corrected chi connectivity index (χ1v) is 7.68. The molecule has 0 saturated heterocycles. The van der Waals surface area contributed by atoms with Gasteiger partial charge in [-0.1, -0.05) is 49.6 Å². The largest absolute Gasteiger partial charge is 0.302 e. The quantitative estimate of drug-likeness (QED) is 0.773. The van der Waals surface area contributed by atoms with Crippen molar-refractivity contribution in [1.29, 1.82) is 0 Å². The van der Waals surface area contributed by atoms with E-state index in [1.807, 2.05) is 0 Å². The molecule has 1 saturated carbocycles. The molecule has 0 aromatic heterocycles. The van der Waals surface area contributed by atoms with E-state index in [0.29, 0.717) is 0 Å². The fourth-order valence-electron chi connectivity index (χ4n) is 3.01. The predicted molar refractivity (Wildman–Crippen MR) is 82.3 cm³/mol. The summed E-state index contributed by atoms with van der Waals surface area (Å²) in [6.45, 7) is 3.40. The molecule has 2 rings (SSSR count). The van der Waals surface area contributed by atoms with Gasteiger partial charge in [0, 0.05) is 25.7 Å². The fourth-order valence-corrected chi connectivity index (χ4v) is 3.01. The van der Waals surface area contributed by atoms with Gasteiger partial charge in [0.15, 0.2) is 0 Å². The van der Waals surface area contributed by atoms with Gasteiger partial charge >= 0.3 is 0 Å². The molecular formula is C17H28N2. The molecule has 2 heteroatoms. The Bertz CT molecular complexity index is 344. The van der Waals surface area contributed by atoms with Crippen LogP contribution in [-0.4, -0.2) is 43.0 Å². The second-order valence-electron chi connectivity index (χ2n) is 6.00. The summed E-state index contributed by atoms with van der Waals surface area (Å²) in [7, 11) is 4.52. The van der Waals surface area contributed by atoms with Crippen LogP contribution in [0.1, 0.15) is 37.7 Å². The maximum absolute atomic E-state index is 2.57. The molecule has 0 radical (unpaired) electrons. The summed E-state index contributed by atoms with van der Waals surface area (Å²) in [6, 6.07) is 11.6. The molecule has 0 bridgehead atoms. The van der Waals surface area contributed by atoms with Crippen molar-refractivity contribution in [2.45, 2.75) is 44.7 Å². The van der Waals surface area contributed by atoms with Gasteiger partial charge in [0.25, 0.3) is 0 Å². The molecule has 0 spiro atoms. The Kier molecular flexibility index (Phi) is 5.87. The van der Waals surface area contributed by atoms with Gasteiger partial charge in [0.05, 0.1) is 0 Å². The van der Waals surface area contributed by atoms with Gasteiger partial charge in [-0.25, -0.2) is 0 Å². The monoisotopic (exact) mass is 260 g/mol. The van der Waals surface area contributed by atoms with Crippen LogP contribution in [0.2, 0.25) is 0 Å². The number of likely N-dealkylation sites (N-methyl/N-ethyl adjacent to an activating group) is 2. The minimum absolute atomic E-state index is 0.832. The first-order chi connectivity index (χ1) is 9.25. The topological polar surface area (TPSA) is 6.48 Å². The second kappa shape index (κ2) is 7.66. The summed E-state index contributed by atoms with van der Waals surface area (Å²) >= 11 is 0. The third-order valence-electron chi connectivity index (χ3n) is 4.33. The highest BCUT2D eigenvalue weighted by atomic mass is 15.2. The van der Waals surface area contributed by atoms with Gasteiger partial charge in [0.2, 0.25) is 0 Å². The lowest BCUT2D eigenvalue weighted by Gasteiger charge is -2.32. The summed E-state index contributed by atoms with van der Waals surface area (Å²) in [5.41, 5.74) is 1.41. The Balaban J connectivity index is 1.69. The Hall–Kier alpha value is -0.860. The zero-order chi connectivity index (χ0) is 13.5. The number of benzene rings is 1. The first-order valence-electron chi connectivity index (χ1n) is 7.68. The number of rotatable bonds is 6.